The summed E-state index contributed by atoms with van der Waals surface area (Å²) >= 11 is 0. The van der Waals surface area contributed by atoms with Gasteiger partial charge >= 0.3 is 0 Å². The molecule has 22 heavy (non-hydrogen) atoms. The van der Waals surface area contributed by atoms with Gasteiger partial charge in [-0.1, -0.05) is 6.42 Å². The molecule has 2 amide bonds. The maximum Gasteiger partial charge on any atom is 0.273 e. The quantitative estimate of drug-likeness (QED) is 0.761. The second-order valence-corrected chi connectivity index (χ2v) is 5.87. The second kappa shape index (κ2) is 6.83. The topological polar surface area (TPSA) is 96.0 Å². The van der Waals surface area contributed by atoms with Gasteiger partial charge in [-0.05, 0) is 38.8 Å². The lowest BCUT2D eigenvalue weighted by Crippen LogP contribution is -2.43. The molecule has 0 atom stereocenters. The van der Waals surface area contributed by atoms with Gasteiger partial charge < -0.3 is 16.0 Å². The standard InChI is InChI=1S/C15H21N5O2/c21-14(10-2-1-3-10)20-13-12(17-8-9-18-13)15(22)19-11-4-6-16-7-5-11/h8-11,16H,1-7H2,(H,19,22)(H,18,20,21). The van der Waals surface area contributed by atoms with Crippen LogP contribution in [0.3, 0.4) is 0 Å². The highest BCUT2D eigenvalue weighted by atomic mass is 16.2. The summed E-state index contributed by atoms with van der Waals surface area (Å²) in [7, 11) is 0. The van der Waals surface area contributed by atoms with Crippen LogP contribution in [0, 0.1) is 5.92 Å². The minimum absolute atomic E-state index is 0.0438. The zero-order valence-electron chi connectivity index (χ0n) is 12.5. The van der Waals surface area contributed by atoms with Gasteiger partial charge in [-0.2, -0.15) is 0 Å². The fourth-order valence-electron chi connectivity index (χ4n) is 2.70. The van der Waals surface area contributed by atoms with E-state index in [0.29, 0.717) is 0 Å². The first-order valence-corrected chi connectivity index (χ1v) is 7.87. The Morgan fingerprint density at radius 2 is 1.82 bits per heavy atom. The van der Waals surface area contributed by atoms with E-state index in [1.54, 1.807) is 0 Å². The summed E-state index contributed by atoms with van der Waals surface area (Å²) in [5.74, 6) is -0.0419. The van der Waals surface area contributed by atoms with Gasteiger partial charge in [0.2, 0.25) is 5.91 Å². The van der Waals surface area contributed by atoms with E-state index >= 15 is 0 Å². The van der Waals surface area contributed by atoms with Crippen molar-refractivity contribution >= 4 is 17.6 Å². The summed E-state index contributed by atoms with van der Waals surface area (Å²) < 4.78 is 0. The molecule has 2 fully saturated rings. The van der Waals surface area contributed by atoms with Crippen LogP contribution in [0.5, 0.6) is 0 Å². The smallest absolute Gasteiger partial charge is 0.273 e. The molecule has 2 heterocycles. The highest BCUT2D eigenvalue weighted by Crippen LogP contribution is 2.27. The number of hydrogen-bond acceptors (Lipinski definition) is 5. The predicted octanol–water partition coefficient (Wildman–Crippen LogP) is 0.697. The lowest BCUT2D eigenvalue weighted by atomic mass is 9.85. The summed E-state index contributed by atoms with van der Waals surface area (Å²) in [6.45, 7) is 1.80. The van der Waals surface area contributed by atoms with Gasteiger partial charge in [-0.3, -0.25) is 9.59 Å². The first kappa shape index (κ1) is 14.9. The van der Waals surface area contributed by atoms with Crippen LogP contribution in [-0.2, 0) is 4.79 Å². The molecule has 1 saturated heterocycles. The third kappa shape index (κ3) is 3.41. The largest absolute Gasteiger partial charge is 0.348 e. The Kier molecular flexibility index (Phi) is 4.62. The van der Waals surface area contributed by atoms with Crippen LogP contribution >= 0.6 is 0 Å². The van der Waals surface area contributed by atoms with Crippen molar-refractivity contribution in [2.45, 2.75) is 38.1 Å². The number of aromatic nitrogens is 2. The normalized spacial score (nSPS) is 19.3. The summed E-state index contributed by atoms with van der Waals surface area (Å²) in [6, 6.07) is 0.144. The molecule has 1 saturated carbocycles. The molecule has 7 heteroatoms. The molecule has 0 aromatic carbocycles. The lowest BCUT2D eigenvalue weighted by Gasteiger charge is -2.25. The van der Waals surface area contributed by atoms with Crippen molar-refractivity contribution in [2.24, 2.45) is 5.92 Å². The zero-order chi connectivity index (χ0) is 15.4. The monoisotopic (exact) mass is 303 g/mol. The number of carbonyl (C=O) groups excluding carboxylic acids is 2. The fourth-order valence-corrected chi connectivity index (χ4v) is 2.70. The summed E-state index contributed by atoms with van der Waals surface area (Å²) in [5.41, 5.74) is 0.189. The molecule has 0 unspecified atom stereocenters. The molecular weight excluding hydrogens is 282 g/mol. The minimum atomic E-state index is -0.274. The molecule has 118 valence electrons. The Balaban J connectivity index is 1.66. The SMILES string of the molecule is O=C(NC1CCNCC1)c1nccnc1NC(=O)C1CCC1. The van der Waals surface area contributed by atoms with Crippen LogP contribution in [0.15, 0.2) is 12.4 Å². The minimum Gasteiger partial charge on any atom is -0.348 e. The lowest BCUT2D eigenvalue weighted by molar-refractivity contribution is -0.122. The van der Waals surface area contributed by atoms with Crippen LogP contribution in [0.25, 0.3) is 0 Å². The Morgan fingerprint density at radius 1 is 1.09 bits per heavy atom. The number of nitrogens with zero attached hydrogens (tertiary/aromatic N) is 2. The molecule has 2 aliphatic rings. The molecule has 1 aliphatic heterocycles. The van der Waals surface area contributed by atoms with Crippen molar-refractivity contribution < 1.29 is 9.59 Å². The van der Waals surface area contributed by atoms with E-state index in [1.807, 2.05) is 0 Å². The van der Waals surface area contributed by atoms with Crippen molar-refractivity contribution in [1.82, 2.24) is 20.6 Å². The zero-order valence-corrected chi connectivity index (χ0v) is 12.5. The number of nitrogens with one attached hydrogen (secondary N) is 3. The average Bonchev–Trinajstić information content (AvgIpc) is 2.47. The Morgan fingerprint density at radius 3 is 2.50 bits per heavy atom. The molecule has 0 radical (unpaired) electrons. The van der Waals surface area contributed by atoms with Crippen molar-refractivity contribution in [3.05, 3.63) is 18.1 Å². The number of anilines is 1. The second-order valence-electron chi connectivity index (χ2n) is 5.87. The average molecular weight is 303 g/mol. The maximum atomic E-state index is 12.4. The van der Waals surface area contributed by atoms with Gasteiger partial charge in [0.05, 0.1) is 0 Å². The first-order chi connectivity index (χ1) is 10.7. The van der Waals surface area contributed by atoms with E-state index in [9.17, 15) is 9.59 Å². The summed E-state index contributed by atoms with van der Waals surface area (Å²) in [4.78, 5) is 32.6. The third-order valence-corrected chi connectivity index (χ3v) is 4.31. The summed E-state index contributed by atoms with van der Waals surface area (Å²) in [6.07, 6.45) is 7.65. The number of amides is 2. The number of hydrogen-bond donors (Lipinski definition) is 3. The summed E-state index contributed by atoms with van der Waals surface area (Å²) in [5, 5.41) is 8.97. The molecule has 7 nitrogen and oxygen atoms in total. The number of piperidine rings is 1. The Labute approximate surface area is 129 Å². The number of carbonyl (C=O) groups is 2. The van der Waals surface area contributed by atoms with Crippen molar-refractivity contribution in [3.8, 4) is 0 Å². The van der Waals surface area contributed by atoms with Gasteiger partial charge in [-0.25, -0.2) is 9.97 Å². The molecule has 0 bridgehead atoms. The first-order valence-electron chi connectivity index (χ1n) is 7.87. The fraction of sp³-hybridized carbons (Fsp3) is 0.600. The molecule has 1 aliphatic carbocycles. The van der Waals surface area contributed by atoms with Crippen LogP contribution < -0.4 is 16.0 Å². The van der Waals surface area contributed by atoms with Crippen LogP contribution in [0.4, 0.5) is 5.82 Å². The Hall–Kier alpha value is -2.02. The van der Waals surface area contributed by atoms with E-state index in [2.05, 4.69) is 25.9 Å². The van der Waals surface area contributed by atoms with Crippen molar-refractivity contribution in [2.75, 3.05) is 18.4 Å². The third-order valence-electron chi connectivity index (χ3n) is 4.31. The predicted molar refractivity (Wildman–Crippen MR) is 81.4 cm³/mol. The molecule has 0 spiro atoms. The van der Waals surface area contributed by atoms with E-state index < -0.39 is 0 Å². The van der Waals surface area contributed by atoms with Crippen molar-refractivity contribution in [1.29, 1.82) is 0 Å². The number of rotatable bonds is 4. The van der Waals surface area contributed by atoms with Gasteiger partial charge in [0.25, 0.3) is 5.91 Å². The molecule has 3 rings (SSSR count). The van der Waals surface area contributed by atoms with Crippen LogP contribution in [0.2, 0.25) is 0 Å². The van der Waals surface area contributed by atoms with Crippen LogP contribution in [-0.4, -0.2) is 40.9 Å². The highest BCUT2D eigenvalue weighted by Gasteiger charge is 2.27. The van der Waals surface area contributed by atoms with E-state index in [-0.39, 0.29) is 35.3 Å². The van der Waals surface area contributed by atoms with Gasteiger partial charge in [0.15, 0.2) is 11.5 Å². The molecular formula is C15H21N5O2. The van der Waals surface area contributed by atoms with Crippen LogP contribution in [0.1, 0.15) is 42.6 Å². The van der Waals surface area contributed by atoms with E-state index in [0.717, 1.165) is 45.2 Å². The van der Waals surface area contributed by atoms with Crippen molar-refractivity contribution in [3.63, 3.8) is 0 Å². The Bertz CT molecular complexity index is 553. The maximum absolute atomic E-state index is 12.4. The van der Waals surface area contributed by atoms with Gasteiger partial charge in [0.1, 0.15) is 0 Å². The highest BCUT2D eigenvalue weighted by molar-refractivity contribution is 6.01. The molecule has 1 aromatic rings. The van der Waals surface area contributed by atoms with E-state index in [1.165, 1.54) is 12.4 Å². The van der Waals surface area contributed by atoms with Gasteiger partial charge in [0, 0.05) is 24.4 Å². The van der Waals surface area contributed by atoms with Gasteiger partial charge in [-0.15, -0.1) is 0 Å². The molecule has 1 aromatic heterocycles. The molecule has 3 N–H and O–H groups in total. The van der Waals surface area contributed by atoms with E-state index in [4.69, 9.17) is 0 Å².